The van der Waals surface area contributed by atoms with Gasteiger partial charge >= 0.3 is 6.18 Å². The van der Waals surface area contributed by atoms with Crippen molar-refractivity contribution in [1.29, 1.82) is 0 Å². The second kappa shape index (κ2) is 10.9. The topological polar surface area (TPSA) is 66.5 Å². The van der Waals surface area contributed by atoms with E-state index in [2.05, 4.69) is 12.2 Å². The molecule has 5 nitrogen and oxygen atoms in total. The van der Waals surface area contributed by atoms with Gasteiger partial charge in [-0.1, -0.05) is 49.2 Å². The molecule has 0 fully saturated rings. The molecule has 35 heavy (non-hydrogen) atoms. The summed E-state index contributed by atoms with van der Waals surface area (Å²) in [4.78, 5) is 12.7. The van der Waals surface area contributed by atoms with Gasteiger partial charge in [-0.15, -0.1) is 0 Å². The summed E-state index contributed by atoms with van der Waals surface area (Å²) in [6.45, 7) is 3.17. The minimum Gasteiger partial charge on any atom is -0.325 e. The second-order valence-corrected chi connectivity index (χ2v) is 10.1. The zero-order valence-corrected chi connectivity index (χ0v) is 20.3. The maximum atomic E-state index is 13.4. The van der Waals surface area contributed by atoms with Gasteiger partial charge in [0.2, 0.25) is 5.91 Å². The van der Waals surface area contributed by atoms with E-state index in [1.807, 2.05) is 12.1 Å². The zero-order valence-electron chi connectivity index (χ0n) is 19.5. The molecule has 186 valence electrons. The Morgan fingerprint density at radius 3 is 2.23 bits per heavy atom. The third-order valence-corrected chi connectivity index (χ3v) is 7.20. The van der Waals surface area contributed by atoms with Gasteiger partial charge < -0.3 is 5.32 Å². The first-order chi connectivity index (χ1) is 16.5. The number of unbranched alkanes of at least 4 members (excludes halogenated alkanes) is 1. The first-order valence-corrected chi connectivity index (χ1v) is 12.6. The highest BCUT2D eigenvalue weighted by molar-refractivity contribution is 7.92. The zero-order chi connectivity index (χ0) is 25.6. The number of benzene rings is 3. The number of halogens is 3. The van der Waals surface area contributed by atoms with Crippen molar-refractivity contribution in [2.45, 2.75) is 44.2 Å². The Labute approximate surface area is 203 Å². The van der Waals surface area contributed by atoms with Gasteiger partial charge in [-0.2, -0.15) is 13.2 Å². The van der Waals surface area contributed by atoms with Crippen molar-refractivity contribution in [2.75, 3.05) is 16.2 Å². The summed E-state index contributed by atoms with van der Waals surface area (Å²) in [5, 5.41) is 2.64. The summed E-state index contributed by atoms with van der Waals surface area (Å²) < 4.78 is 67.4. The molecule has 0 bridgehead atoms. The number of sulfonamides is 1. The van der Waals surface area contributed by atoms with Gasteiger partial charge in [0.15, 0.2) is 0 Å². The second-order valence-electron chi connectivity index (χ2n) is 8.22. The van der Waals surface area contributed by atoms with Crippen molar-refractivity contribution in [3.8, 4) is 0 Å². The van der Waals surface area contributed by atoms with E-state index >= 15 is 0 Å². The number of amides is 1. The predicted molar refractivity (Wildman–Crippen MR) is 131 cm³/mol. The van der Waals surface area contributed by atoms with E-state index in [0.717, 1.165) is 48.6 Å². The molecule has 0 heterocycles. The van der Waals surface area contributed by atoms with E-state index in [1.54, 1.807) is 31.2 Å². The lowest BCUT2D eigenvalue weighted by Crippen LogP contribution is -2.38. The molecular formula is C26H27F3N2O3S. The number of anilines is 2. The van der Waals surface area contributed by atoms with Crippen molar-refractivity contribution in [1.82, 2.24) is 0 Å². The van der Waals surface area contributed by atoms with Gasteiger partial charge in [-0.25, -0.2) is 8.42 Å². The minimum absolute atomic E-state index is 0.131. The molecule has 0 aliphatic rings. The molecule has 0 aliphatic carbocycles. The molecule has 0 atom stereocenters. The van der Waals surface area contributed by atoms with Crippen LogP contribution in [0.25, 0.3) is 0 Å². The number of rotatable bonds is 9. The van der Waals surface area contributed by atoms with E-state index in [9.17, 15) is 26.4 Å². The van der Waals surface area contributed by atoms with E-state index in [4.69, 9.17) is 0 Å². The van der Waals surface area contributed by atoms with Gasteiger partial charge in [0.1, 0.15) is 6.54 Å². The van der Waals surface area contributed by atoms with Crippen LogP contribution in [0.2, 0.25) is 0 Å². The Hall–Kier alpha value is -3.33. The lowest BCUT2D eigenvalue weighted by molar-refractivity contribution is -0.137. The molecule has 0 aliphatic heterocycles. The highest BCUT2D eigenvalue weighted by atomic mass is 32.2. The number of carbonyl (C=O) groups is 1. The van der Waals surface area contributed by atoms with Gasteiger partial charge in [0.25, 0.3) is 10.0 Å². The summed E-state index contributed by atoms with van der Waals surface area (Å²) >= 11 is 0. The largest absolute Gasteiger partial charge is 0.416 e. The quantitative estimate of drug-likeness (QED) is 0.378. The van der Waals surface area contributed by atoms with Crippen molar-refractivity contribution in [2.24, 2.45) is 0 Å². The fraction of sp³-hybridized carbons (Fsp3) is 0.269. The Balaban J connectivity index is 1.91. The highest BCUT2D eigenvalue weighted by Crippen LogP contribution is 2.33. The van der Waals surface area contributed by atoms with Crippen LogP contribution in [-0.2, 0) is 27.4 Å². The van der Waals surface area contributed by atoms with Crippen LogP contribution in [-0.4, -0.2) is 20.9 Å². The molecule has 0 saturated heterocycles. The molecule has 0 aromatic heterocycles. The Bertz CT molecular complexity index is 1260. The summed E-state index contributed by atoms with van der Waals surface area (Å²) in [5.41, 5.74) is 1.12. The molecule has 0 unspecified atom stereocenters. The number of hydrogen-bond donors (Lipinski definition) is 1. The van der Waals surface area contributed by atoms with Crippen LogP contribution in [0.15, 0.2) is 77.7 Å². The van der Waals surface area contributed by atoms with Crippen molar-refractivity contribution >= 4 is 27.3 Å². The average molecular weight is 505 g/mol. The monoisotopic (exact) mass is 504 g/mol. The van der Waals surface area contributed by atoms with Crippen molar-refractivity contribution < 1.29 is 26.4 Å². The fourth-order valence-electron chi connectivity index (χ4n) is 3.46. The number of nitrogens with zero attached hydrogens (tertiary/aromatic N) is 1. The summed E-state index contributed by atoms with van der Waals surface area (Å²) in [7, 11) is -4.33. The molecule has 0 radical (unpaired) electrons. The predicted octanol–water partition coefficient (Wildman–Crippen LogP) is 6.19. The third-order valence-electron chi connectivity index (χ3n) is 5.41. The highest BCUT2D eigenvalue weighted by Gasteiger charge is 2.33. The number of nitrogens with one attached hydrogen (secondary N) is 1. The summed E-state index contributed by atoms with van der Waals surface area (Å²) in [6.07, 6.45) is -1.67. The van der Waals surface area contributed by atoms with E-state index in [1.165, 1.54) is 18.2 Å². The standard InChI is InChI=1S/C26H27F3N2O3S/c1-3-4-6-20-11-13-22(14-12-20)30-25(32)18-31(23-8-5-7-21(17-23)26(27,28)29)35(33,34)24-15-9-19(2)10-16-24/h5,7-17H,3-4,6,18H2,1-2H3,(H,30,32). The molecule has 0 saturated carbocycles. The Morgan fingerprint density at radius 2 is 1.63 bits per heavy atom. The molecule has 3 rings (SSSR count). The fourth-order valence-corrected chi connectivity index (χ4v) is 4.87. The van der Waals surface area contributed by atoms with E-state index in [0.29, 0.717) is 9.99 Å². The lowest BCUT2D eigenvalue weighted by atomic mass is 10.1. The first-order valence-electron chi connectivity index (χ1n) is 11.2. The van der Waals surface area contributed by atoms with Gasteiger partial charge in [-0.3, -0.25) is 9.10 Å². The van der Waals surface area contributed by atoms with Crippen molar-refractivity contribution in [3.05, 3.63) is 89.5 Å². The SMILES string of the molecule is CCCCc1ccc(NC(=O)CN(c2cccc(C(F)(F)F)c2)S(=O)(=O)c2ccc(C)cc2)cc1. The molecular weight excluding hydrogens is 477 g/mol. The van der Waals surface area contributed by atoms with Crippen LogP contribution >= 0.6 is 0 Å². The van der Waals surface area contributed by atoms with E-state index in [-0.39, 0.29) is 10.6 Å². The number of alkyl halides is 3. The average Bonchev–Trinajstić information content (AvgIpc) is 2.82. The first kappa shape index (κ1) is 26.3. The Morgan fingerprint density at radius 1 is 0.971 bits per heavy atom. The summed E-state index contributed by atoms with van der Waals surface area (Å²) in [6, 6.07) is 17.0. The van der Waals surface area contributed by atoms with Gasteiger partial charge in [-0.05, 0) is 67.8 Å². The van der Waals surface area contributed by atoms with Crippen LogP contribution in [0.5, 0.6) is 0 Å². The number of carbonyl (C=O) groups excluding carboxylic acids is 1. The molecule has 0 spiro atoms. The third kappa shape index (κ3) is 6.85. The van der Waals surface area contributed by atoms with Crippen LogP contribution < -0.4 is 9.62 Å². The molecule has 9 heteroatoms. The minimum atomic E-state index is -4.67. The van der Waals surface area contributed by atoms with Crippen LogP contribution in [0.1, 0.15) is 36.5 Å². The lowest BCUT2D eigenvalue weighted by Gasteiger charge is -2.25. The van der Waals surface area contributed by atoms with Crippen molar-refractivity contribution in [3.63, 3.8) is 0 Å². The molecule has 1 amide bonds. The van der Waals surface area contributed by atoms with E-state index < -0.39 is 34.2 Å². The smallest absolute Gasteiger partial charge is 0.325 e. The van der Waals surface area contributed by atoms with Crippen LogP contribution in [0, 0.1) is 6.92 Å². The van der Waals surface area contributed by atoms with Gasteiger partial charge in [0.05, 0.1) is 16.1 Å². The number of hydrogen-bond acceptors (Lipinski definition) is 3. The molecule has 3 aromatic carbocycles. The molecule has 3 aromatic rings. The van der Waals surface area contributed by atoms with Crippen LogP contribution in [0.4, 0.5) is 24.5 Å². The summed E-state index contributed by atoms with van der Waals surface area (Å²) in [5.74, 6) is -0.681. The maximum Gasteiger partial charge on any atom is 0.416 e. The Kier molecular flexibility index (Phi) is 8.22. The van der Waals surface area contributed by atoms with Crippen LogP contribution in [0.3, 0.4) is 0 Å². The molecule has 1 N–H and O–H groups in total. The maximum absolute atomic E-state index is 13.4. The number of aryl methyl sites for hydroxylation is 2. The van der Waals surface area contributed by atoms with Gasteiger partial charge in [0, 0.05) is 5.69 Å². The normalized spacial score (nSPS) is 11.8.